The van der Waals surface area contributed by atoms with Gasteiger partial charge in [0.2, 0.25) is 5.75 Å². The zero-order valence-electron chi connectivity index (χ0n) is 11.8. The molecule has 0 bridgehead atoms. The molecule has 21 heavy (non-hydrogen) atoms. The average molecular weight is 320 g/mol. The van der Waals surface area contributed by atoms with E-state index in [0.29, 0.717) is 0 Å². The first-order valence-electron chi connectivity index (χ1n) is 6.22. The molecule has 0 saturated carbocycles. The molecule has 1 heterocycles. The molecule has 0 N–H and O–H groups in total. The molecular formula is C13H15ClFNO5. The Labute approximate surface area is 125 Å². The van der Waals surface area contributed by atoms with Gasteiger partial charge in [0.15, 0.2) is 11.4 Å². The summed E-state index contributed by atoms with van der Waals surface area (Å²) in [5.41, 5.74) is -1.76. The van der Waals surface area contributed by atoms with Gasteiger partial charge in [0.05, 0.1) is 11.5 Å². The van der Waals surface area contributed by atoms with Gasteiger partial charge in [0.25, 0.3) is 6.36 Å². The van der Waals surface area contributed by atoms with Crippen LogP contribution in [0.2, 0.25) is 5.02 Å². The molecule has 2 rings (SSSR count). The second-order valence-electron chi connectivity index (χ2n) is 5.41. The summed E-state index contributed by atoms with van der Waals surface area (Å²) in [5, 5.41) is 11.1. The van der Waals surface area contributed by atoms with Crippen LogP contribution >= 0.6 is 11.6 Å². The van der Waals surface area contributed by atoms with E-state index >= 15 is 0 Å². The van der Waals surface area contributed by atoms with Gasteiger partial charge in [-0.1, -0.05) is 11.6 Å². The monoisotopic (exact) mass is 319 g/mol. The van der Waals surface area contributed by atoms with Crippen LogP contribution in [0, 0.1) is 10.1 Å². The fourth-order valence-electron chi connectivity index (χ4n) is 2.02. The Kier molecular flexibility index (Phi) is 4.10. The molecule has 1 aromatic carbocycles. The summed E-state index contributed by atoms with van der Waals surface area (Å²) in [7, 11) is 0. The lowest BCUT2D eigenvalue weighted by Crippen LogP contribution is -2.43. The summed E-state index contributed by atoms with van der Waals surface area (Å²) in [5.74, 6) is -1.15. The Morgan fingerprint density at radius 3 is 2.67 bits per heavy atom. The largest absolute Gasteiger partial charge is 0.450 e. The molecule has 1 aliphatic heterocycles. The van der Waals surface area contributed by atoms with E-state index in [1.165, 1.54) is 19.1 Å². The molecule has 8 heteroatoms. The van der Waals surface area contributed by atoms with Gasteiger partial charge in [-0.2, -0.15) is 4.39 Å². The lowest BCUT2D eigenvalue weighted by Gasteiger charge is -2.28. The first-order valence-corrected chi connectivity index (χ1v) is 6.60. The molecule has 0 aromatic heterocycles. The number of nitro benzene ring substituents is 1. The fourth-order valence-corrected chi connectivity index (χ4v) is 2.18. The van der Waals surface area contributed by atoms with Crippen molar-refractivity contribution < 1.29 is 23.5 Å². The second kappa shape index (κ2) is 5.40. The molecule has 0 amide bonds. The van der Waals surface area contributed by atoms with E-state index in [1.54, 1.807) is 13.8 Å². The standard InChI is InChI=1S/C13H15ClFNO5/c1-12(2)19-7-13(3,21-12)11(15)20-10-5-4-8(14)6-9(10)16(17)18/h4-6,11H,7H2,1-3H3. The molecule has 116 valence electrons. The molecule has 0 aliphatic carbocycles. The van der Waals surface area contributed by atoms with Crippen LogP contribution in [0.25, 0.3) is 0 Å². The Balaban J connectivity index is 2.21. The molecule has 0 radical (unpaired) electrons. The number of alkyl halides is 1. The third-order valence-corrected chi connectivity index (χ3v) is 3.25. The minimum atomic E-state index is -1.93. The second-order valence-corrected chi connectivity index (χ2v) is 5.84. The lowest BCUT2D eigenvalue weighted by molar-refractivity contribution is -0.386. The smallest absolute Gasteiger partial charge is 0.312 e. The van der Waals surface area contributed by atoms with Crippen LogP contribution in [0.3, 0.4) is 0 Å². The Bertz CT molecular complexity index is 567. The number of rotatable bonds is 4. The Morgan fingerprint density at radius 2 is 2.14 bits per heavy atom. The van der Waals surface area contributed by atoms with Crippen molar-refractivity contribution in [3.63, 3.8) is 0 Å². The van der Waals surface area contributed by atoms with Crippen LogP contribution in [-0.2, 0) is 9.47 Å². The quantitative estimate of drug-likeness (QED) is 0.627. The first-order chi connectivity index (χ1) is 9.63. The third-order valence-electron chi connectivity index (χ3n) is 3.01. The van der Waals surface area contributed by atoms with Crippen LogP contribution in [0.15, 0.2) is 18.2 Å². The molecule has 0 spiro atoms. The zero-order chi connectivity index (χ0) is 15.8. The van der Waals surface area contributed by atoms with Crippen molar-refractivity contribution in [1.29, 1.82) is 0 Å². The maximum Gasteiger partial charge on any atom is 0.312 e. The topological polar surface area (TPSA) is 70.8 Å². The highest BCUT2D eigenvalue weighted by atomic mass is 35.5. The lowest BCUT2D eigenvalue weighted by atomic mass is 10.1. The summed E-state index contributed by atoms with van der Waals surface area (Å²) < 4.78 is 30.2. The number of hydrogen-bond acceptors (Lipinski definition) is 5. The van der Waals surface area contributed by atoms with E-state index in [1.807, 2.05) is 0 Å². The number of ether oxygens (including phenoxy) is 3. The van der Waals surface area contributed by atoms with Crippen LogP contribution in [0.4, 0.5) is 10.1 Å². The highest BCUT2D eigenvalue weighted by Crippen LogP contribution is 2.37. The molecule has 2 atom stereocenters. The minimum absolute atomic E-state index is 0.0252. The van der Waals surface area contributed by atoms with E-state index in [4.69, 9.17) is 25.8 Å². The van der Waals surface area contributed by atoms with Crippen molar-refractivity contribution in [3.05, 3.63) is 33.3 Å². The Morgan fingerprint density at radius 1 is 1.48 bits per heavy atom. The van der Waals surface area contributed by atoms with Crippen LogP contribution < -0.4 is 4.74 Å². The highest BCUT2D eigenvalue weighted by molar-refractivity contribution is 6.30. The van der Waals surface area contributed by atoms with Crippen LogP contribution in [0.1, 0.15) is 20.8 Å². The number of halogens is 2. The molecule has 1 fully saturated rings. The van der Waals surface area contributed by atoms with Crippen LogP contribution in [-0.4, -0.2) is 29.3 Å². The number of benzene rings is 1. The predicted molar refractivity (Wildman–Crippen MR) is 73.2 cm³/mol. The van der Waals surface area contributed by atoms with Crippen molar-refractivity contribution in [2.45, 2.75) is 38.5 Å². The molecule has 2 unspecified atom stereocenters. The predicted octanol–water partition coefficient (Wildman–Crippen LogP) is 3.46. The summed E-state index contributed by atoms with van der Waals surface area (Å²) >= 11 is 5.69. The maximum absolute atomic E-state index is 14.4. The highest BCUT2D eigenvalue weighted by Gasteiger charge is 2.49. The first kappa shape index (κ1) is 15.9. The van der Waals surface area contributed by atoms with E-state index in [9.17, 15) is 14.5 Å². The van der Waals surface area contributed by atoms with Crippen molar-refractivity contribution in [3.8, 4) is 5.75 Å². The van der Waals surface area contributed by atoms with E-state index in [0.717, 1.165) is 6.07 Å². The van der Waals surface area contributed by atoms with Crippen molar-refractivity contribution in [2.24, 2.45) is 0 Å². The van der Waals surface area contributed by atoms with E-state index in [-0.39, 0.29) is 17.4 Å². The summed E-state index contributed by atoms with van der Waals surface area (Å²) in [4.78, 5) is 10.3. The minimum Gasteiger partial charge on any atom is -0.450 e. The third kappa shape index (κ3) is 3.42. The zero-order valence-corrected chi connectivity index (χ0v) is 12.5. The summed E-state index contributed by atoms with van der Waals surface area (Å²) in [6.07, 6.45) is -1.93. The van der Waals surface area contributed by atoms with Gasteiger partial charge in [-0.25, -0.2) is 0 Å². The maximum atomic E-state index is 14.4. The normalized spacial score (nSPS) is 25.6. The van der Waals surface area contributed by atoms with Gasteiger partial charge < -0.3 is 14.2 Å². The van der Waals surface area contributed by atoms with Gasteiger partial charge in [0.1, 0.15) is 0 Å². The van der Waals surface area contributed by atoms with Gasteiger partial charge >= 0.3 is 5.69 Å². The van der Waals surface area contributed by atoms with E-state index < -0.39 is 28.4 Å². The molecule has 1 aliphatic rings. The molecule has 1 aromatic rings. The fraction of sp³-hybridized carbons (Fsp3) is 0.538. The molecular weight excluding hydrogens is 305 g/mol. The van der Waals surface area contributed by atoms with Crippen LogP contribution in [0.5, 0.6) is 5.75 Å². The molecule has 6 nitrogen and oxygen atoms in total. The van der Waals surface area contributed by atoms with Gasteiger partial charge in [-0.3, -0.25) is 10.1 Å². The average Bonchev–Trinajstić information content (AvgIpc) is 2.66. The molecule has 1 saturated heterocycles. The van der Waals surface area contributed by atoms with E-state index in [2.05, 4.69) is 0 Å². The van der Waals surface area contributed by atoms with Crippen molar-refractivity contribution in [1.82, 2.24) is 0 Å². The SMILES string of the molecule is CC1(C)OCC(C)(C(F)Oc2ccc(Cl)cc2[N+](=O)[O-])O1. The van der Waals surface area contributed by atoms with Crippen molar-refractivity contribution in [2.75, 3.05) is 6.61 Å². The van der Waals surface area contributed by atoms with Gasteiger partial charge in [0, 0.05) is 11.1 Å². The number of hydrogen-bond donors (Lipinski definition) is 0. The summed E-state index contributed by atoms with van der Waals surface area (Å²) in [6.45, 7) is 4.75. The van der Waals surface area contributed by atoms with Gasteiger partial charge in [-0.05, 0) is 32.9 Å². The summed E-state index contributed by atoms with van der Waals surface area (Å²) in [6, 6.07) is 3.73. The number of nitro groups is 1. The van der Waals surface area contributed by atoms with Crippen molar-refractivity contribution >= 4 is 17.3 Å². The Hall–Kier alpha value is -1.44. The van der Waals surface area contributed by atoms with Gasteiger partial charge in [-0.15, -0.1) is 0 Å². The number of nitrogens with zero attached hydrogens (tertiary/aromatic N) is 1.